The molecule has 1 aromatic heterocycles. The standard InChI is InChI=1S/C28H27FN4O2/c1-20-7-11-22(12-8-20)33-27(19-25(30-33)21-9-13-23(35-2)14-10-21)28(34)32-17-15-31(16-18-32)26-6-4-3-5-24(26)29/h3-14,19H,15-18H2,1-2H3. The number of aryl methyl sites for hydroxylation is 1. The van der Waals surface area contributed by atoms with Crippen molar-refractivity contribution in [2.24, 2.45) is 0 Å². The molecule has 0 unspecified atom stereocenters. The number of halogens is 1. The SMILES string of the molecule is COc1ccc(-c2cc(C(=O)N3CCN(c4ccccc4F)CC3)n(-c3ccc(C)cc3)n2)cc1. The van der Waals surface area contributed by atoms with Gasteiger partial charge in [-0.25, -0.2) is 9.07 Å². The van der Waals surface area contributed by atoms with Crippen molar-refractivity contribution in [2.75, 3.05) is 38.2 Å². The Balaban J connectivity index is 1.43. The van der Waals surface area contributed by atoms with Gasteiger partial charge >= 0.3 is 0 Å². The zero-order valence-electron chi connectivity index (χ0n) is 19.8. The van der Waals surface area contributed by atoms with E-state index in [2.05, 4.69) is 0 Å². The van der Waals surface area contributed by atoms with E-state index in [4.69, 9.17) is 9.84 Å². The summed E-state index contributed by atoms with van der Waals surface area (Å²) in [6.45, 7) is 4.17. The lowest BCUT2D eigenvalue weighted by atomic mass is 10.1. The van der Waals surface area contributed by atoms with Gasteiger partial charge in [0.05, 0.1) is 24.2 Å². The highest BCUT2D eigenvalue weighted by molar-refractivity contribution is 5.94. The summed E-state index contributed by atoms with van der Waals surface area (Å²) in [4.78, 5) is 17.5. The first kappa shape index (κ1) is 22.7. The maximum Gasteiger partial charge on any atom is 0.272 e. The van der Waals surface area contributed by atoms with Crippen molar-refractivity contribution in [3.8, 4) is 22.7 Å². The van der Waals surface area contributed by atoms with Gasteiger partial charge < -0.3 is 14.5 Å². The van der Waals surface area contributed by atoms with Crippen LogP contribution in [0.3, 0.4) is 0 Å². The van der Waals surface area contributed by atoms with Crippen LogP contribution < -0.4 is 9.64 Å². The van der Waals surface area contributed by atoms with Gasteiger partial charge in [0.25, 0.3) is 5.91 Å². The number of hydrogen-bond donors (Lipinski definition) is 0. The van der Waals surface area contributed by atoms with Gasteiger partial charge in [0.1, 0.15) is 17.3 Å². The minimum absolute atomic E-state index is 0.0916. The Hall–Kier alpha value is -4.13. The van der Waals surface area contributed by atoms with Crippen LogP contribution in [0.4, 0.5) is 10.1 Å². The van der Waals surface area contributed by atoms with Crippen molar-refractivity contribution in [2.45, 2.75) is 6.92 Å². The Labute approximate surface area is 204 Å². The average molecular weight is 471 g/mol. The summed E-state index contributed by atoms with van der Waals surface area (Å²) >= 11 is 0. The van der Waals surface area contributed by atoms with Crippen LogP contribution in [0.2, 0.25) is 0 Å². The molecule has 0 N–H and O–H groups in total. The van der Waals surface area contributed by atoms with Crippen LogP contribution in [-0.2, 0) is 0 Å². The molecule has 1 fully saturated rings. The maximum atomic E-state index is 14.2. The number of carbonyl (C=O) groups excluding carboxylic acids is 1. The second-order valence-electron chi connectivity index (χ2n) is 8.62. The first-order chi connectivity index (χ1) is 17.0. The van der Waals surface area contributed by atoms with Gasteiger partial charge in [0.2, 0.25) is 0 Å². The van der Waals surface area contributed by atoms with Gasteiger partial charge in [-0.3, -0.25) is 4.79 Å². The molecular weight excluding hydrogens is 443 g/mol. The largest absolute Gasteiger partial charge is 0.497 e. The summed E-state index contributed by atoms with van der Waals surface area (Å²) in [6.07, 6.45) is 0. The summed E-state index contributed by atoms with van der Waals surface area (Å²) in [5, 5.41) is 4.79. The van der Waals surface area contributed by atoms with E-state index < -0.39 is 0 Å². The third kappa shape index (κ3) is 4.62. The number of piperazine rings is 1. The highest BCUT2D eigenvalue weighted by Crippen LogP contribution is 2.26. The third-order valence-electron chi connectivity index (χ3n) is 6.35. The number of anilines is 1. The van der Waals surface area contributed by atoms with Crippen LogP contribution in [0.1, 0.15) is 16.1 Å². The normalized spacial score (nSPS) is 13.7. The Morgan fingerprint density at radius 3 is 2.26 bits per heavy atom. The number of ether oxygens (including phenoxy) is 1. The van der Waals surface area contributed by atoms with Crippen molar-refractivity contribution >= 4 is 11.6 Å². The summed E-state index contributed by atoms with van der Waals surface area (Å²) in [5.74, 6) is 0.426. The summed E-state index contributed by atoms with van der Waals surface area (Å²) in [5.41, 5.74) is 4.64. The van der Waals surface area contributed by atoms with E-state index in [1.165, 1.54) is 6.07 Å². The van der Waals surface area contributed by atoms with Crippen LogP contribution in [0, 0.1) is 12.7 Å². The highest BCUT2D eigenvalue weighted by atomic mass is 19.1. The molecule has 0 atom stereocenters. The summed E-state index contributed by atoms with van der Waals surface area (Å²) < 4.78 is 21.2. The molecule has 0 bridgehead atoms. The molecule has 4 aromatic rings. The molecule has 2 heterocycles. The maximum absolute atomic E-state index is 14.2. The summed E-state index contributed by atoms with van der Waals surface area (Å²) in [6, 6.07) is 24.2. The lowest BCUT2D eigenvalue weighted by molar-refractivity contribution is 0.0737. The van der Waals surface area contributed by atoms with Crippen LogP contribution in [-0.4, -0.2) is 53.9 Å². The fourth-order valence-corrected chi connectivity index (χ4v) is 4.34. The van der Waals surface area contributed by atoms with Gasteiger partial charge in [0.15, 0.2) is 0 Å². The Morgan fingerprint density at radius 1 is 0.914 bits per heavy atom. The van der Waals surface area contributed by atoms with Gasteiger partial charge in [-0.05, 0) is 61.5 Å². The molecule has 5 rings (SSSR count). The van der Waals surface area contributed by atoms with Gasteiger partial charge in [-0.15, -0.1) is 0 Å². The zero-order chi connectivity index (χ0) is 24.4. The second-order valence-corrected chi connectivity index (χ2v) is 8.62. The molecule has 0 radical (unpaired) electrons. The number of carbonyl (C=O) groups is 1. The van der Waals surface area contributed by atoms with E-state index in [0.29, 0.717) is 43.3 Å². The minimum Gasteiger partial charge on any atom is -0.497 e. The topological polar surface area (TPSA) is 50.6 Å². The lowest BCUT2D eigenvalue weighted by Gasteiger charge is -2.36. The Kier molecular flexibility index (Phi) is 6.23. The van der Waals surface area contributed by atoms with Crippen LogP contribution in [0.5, 0.6) is 5.75 Å². The number of hydrogen-bond acceptors (Lipinski definition) is 4. The number of amides is 1. The molecule has 6 nitrogen and oxygen atoms in total. The second kappa shape index (κ2) is 9.62. The fraction of sp³-hybridized carbons (Fsp3) is 0.214. The molecule has 7 heteroatoms. The van der Waals surface area contributed by atoms with E-state index in [-0.39, 0.29) is 11.7 Å². The molecule has 1 saturated heterocycles. The van der Waals surface area contributed by atoms with Crippen LogP contribution >= 0.6 is 0 Å². The molecule has 1 amide bonds. The molecule has 0 spiro atoms. The molecule has 3 aromatic carbocycles. The molecular formula is C28H27FN4O2. The van der Waals surface area contributed by atoms with Crippen molar-refractivity contribution in [1.29, 1.82) is 0 Å². The van der Waals surface area contributed by atoms with Gasteiger partial charge in [-0.1, -0.05) is 29.8 Å². The van der Waals surface area contributed by atoms with Gasteiger partial charge in [-0.2, -0.15) is 5.10 Å². The number of nitrogens with zero attached hydrogens (tertiary/aromatic N) is 4. The minimum atomic E-state index is -0.242. The Bertz CT molecular complexity index is 1320. The number of benzene rings is 3. The number of rotatable bonds is 5. The monoisotopic (exact) mass is 470 g/mol. The van der Waals surface area contributed by atoms with Crippen LogP contribution in [0.15, 0.2) is 78.9 Å². The first-order valence-corrected chi connectivity index (χ1v) is 11.6. The third-order valence-corrected chi connectivity index (χ3v) is 6.35. The van der Waals surface area contributed by atoms with E-state index in [9.17, 15) is 9.18 Å². The lowest BCUT2D eigenvalue weighted by Crippen LogP contribution is -2.49. The molecule has 0 saturated carbocycles. The molecule has 35 heavy (non-hydrogen) atoms. The summed E-state index contributed by atoms with van der Waals surface area (Å²) in [7, 11) is 1.63. The van der Waals surface area contributed by atoms with E-state index >= 15 is 0 Å². The van der Waals surface area contributed by atoms with E-state index in [1.54, 1.807) is 23.9 Å². The fourth-order valence-electron chi connectivity index (χ4n) is 4.34. The van der Waals surface area contributed by atoms with Crippen molar-refractivity contribution in [3.63, 3.8) is 0 Å². The van der Waals surface area contributed by atoms with Crippen molar-refractivity contribution in [1.82, 2.24) is 14.7 Å². The predicted octanol–water partition coefficient (Wildman–Crippen LogP) is 4.96. The van der Waals surface area contributed by atoms with E-state index in [0.717, 1.165) is 22.6 Å². The van der Waals surface area contributed by atoms with Crippen LogP contribution in [0.25, 0.3) is 16.9 Å². The highest BCUT2D eigenvalue weighted by Gasteiger charge is 2.27. The van der Waals surface area contributed by atoms with Gasteiger partial charge in [0, 0.05) is 31.7 Å². The van der Waals surface area contributed by atoms with Crippen molar-refractivity contribution in [3.05, 3.63) is 95.9 Å². The molecule has 1 aliphatic rings. The number of para-hydroxylation sites is 1. The molecule has 178 valence electrons. The van der Waals surface area contributed by atoms with Crippen molar-refractivity contribution < 1.29 is 13.9 Å². The smallest absolute Gasteiger partial charge is 0.272 e. The Morgan fingerprint density at radius 2 is 1.60 bits per heavy atom. The van der Waals surface area contributed by atoms with E-state index in [1.807, 2.05) is 77.4 Å². The quantitative estimate of drug-likeness (QED) is 0.414. The number of aromatic nitrogens is 2. The number of methoxy groups -OCH3 is 1. The molecule has 0 aliphatic carbocycles. The molecule has 1 aliphatic heterocycles. The zero-order valence-corrected chi connectivity index (χ0v) is 19.8. The first-order valence-electron chi connectivity index (χ1n) is 11.6. The predicted molar refractivity (Wildman–Crippen MR) is 135 cm³/mol. The average Bonchev–Trinajstić information content (AvgIpc) is 3.35.